The number of hydrogen-bond acceptors (Lipinski definition) is 9. The van der Waals surface area contributed by atoms with Gasteiger partial charge in [-0.25, -0.2) is 13.6 Å². The van der Waals surface area contributed by atoms with Gasteiger partial charge >= 0.3 is 10.2 Å². The van der Waals surface area contributed by atoms with Crippen molar-refractivity contribution >= 4 is 38.5 Å². The number of aromatic nitrogens is 1. The molecular weight excluding hydrogens is 418 g/mol. The first-order valence-corrected chi connectivity index (χ1v) is 11.6. The van der Waals surface area contributed by atoms with Crippen LogP contribution >= 0.6 is 11.3 Å². The molecule has 1 fully saturated rings. The maximum absolute atomic E-state index is 12.8. The number of aliphatic hydroxyl groups is 1. The van der Waals surface area contributed by atoms with Crippen LogP contribution in [0, 0.1) is 18.8 Å². The van der Waals surface area contributed by atoms with E-state index in [1.54, 1.807) is 27.7 Å². The van der Waals surface area contributed by atoms with Crippen molar-refractivity contribution in [3.05, 3.63) is 10.6 Å². The average molecular weight is 446 g/mol. The van der Waals surface area contributed by atoms with Crippen molar-refractivity contribution < 1.29 is 23.1 Å². The highest BCUT2D eigenvalue weighted by Gasteiger charge is 2.50. The predicted molar refractivity (Wildman–Crippen MR) is 108 cm³/mol. The van der Waals surface area contributed by atoms with Crippen LogP contribution in [-0.4, -0.2) is 64.7 Å². The van der Waals surface area contributed by atoms with Gasteiger partial charge in [-0.15, -0.1) is 5.11 Å². The van der Waals surface area contributed by atoms with Crippen molar-refractivity contribution in [1.82, 2.24) is 13.6 Å². The molecule has 1 N–H and O–H groups in total. The molecule has 2 heterocycles. The molecule has 0 bridgehead atoms. The summed E-state index contributed by atoms with van der Waals surface area (Å²) in [4.78, 5) is 30.7. The van der Waals surface area contributed by atoms with Gasteiger partial charge in [-0.1, -0.05) is 39.0 Å². The van der Waals surface area contributed by atoms with Crippen molar-refractivity contribution in [1.29, 1.82) is 0 Å². The van der Waals surface area contributed by atoms with Gasteiger partial charge in [0.15, 0.2) is 0 Å². The summed E-state index contributed by atoms with van der Waals surface area (Å²) in [5, 5.41) is 17.1. The summed E-state index contributed by atoms with van der Waals surface area (Å²) in [7, 11) is -4.25. The van der Waals surface area contributed by atoms with Gasteiger partial charge in [0.25, 0.3) is 11.8 Å². The van der Waals surface area contributed by atoms with Crippen LogP contribution in [0.1, 0.15) is 38.3 Å². The van der Waals surface area contributed by atoms with E-state index in [9.17, 15) is 18.0 Å². The smallest absolute Gasteiger partial charge is 0.330 e. The molecule has 1 aromatic rings. The molecule has 0 saturated carbocycles. The molecule has 1 aliphatic rings. The maximum Gasteiger partial charge on any atom is 0.330 e. The second-order valence-corrected chi connectivity index (χ2v) is 10.6. The summed E-state index contributed by atoms with van der Waals surface area (Å²) in [6.07, 6.45) is 0.363. The van der Waals surface area contributed by atoms with Crippen LogP contribution in [0.2, 0.25) is 0 Å². The lowest BCUT2D eigenvalue weighted by Crippen LogP contribution is -2.62. The van der Waals surface area contributed by atoms with Gasteiger partial charge in [0.2, 0.25) is 11.2 Å². The Morgan fingerprint density at radius 1 is 1.10 bits per heavy atom. The standard InChI is InChI=1S/C17H27N5O5S2/c1-10(2)8-21-15(24)14(16(25)22(9-11(3)4)29(21,26)27)19-20-17-18-13(6-7-23)12(5)28-17/h10-11,14,23H,6-9H2,1-5H3. The quantitative estimate of drug-likeness (QED) is 0.478. The zero-order valence-corrected chi connectivity index (χ0v) is 18.8. The van der Waals surface area contributed by atoms with Crippen molar-refractivity contribution in [3.63, 3.8) is 0 Å². The third kappa shape index (κ3) is 5.17. The fourth-order valence-corrected chi connectivity index (χ4v) is 5.40. The van der Waals surface area contributed by atoms with Crippen LogP contribution in [0.15, 0.2) is 10.2 Å². The molecule has 0 unspecified atom stereocenters. The summed E-state index contributed by atoms with van der Waals surface area (Å²) in [5.41, 5.74) is 0.665. The Balaban J connectivity index is 2.39. The molecule has 162 valence electrons. The largest absolute Gasteiger partial charge is 0.396 e. The topological polar surface area (TPSA) is 133 Å². The average Bonchev–Trinajstić information content (AvgIpc) is 2.95. The molecule has 0 atom stereocenters. The highest BCUT2D eigenvalue weighted by Crippen LogP contribution is 2.28. The van der Waals surface area contributed by atoms with E-state index in [0.717, 1.165) is 13.5 Å². The van der Waals surface area contributed by atoms with Gasteiger partial charge in [0.05, 0.1) is 5.69 Å². The number of amides is 2. The fraction of sp³-hybridized carbons (Fsp3) is 0.706. The number of thiazole rings is 1. The van der Waals surface area contributed by atoms with Crippen molar-refractivity contribution in [2.75, 3.05) is 19.7 Å². The Hall–Kier alpha value is -1.92. The molecule has 2 rings (SSSR count). The van der Waals surface area contributed by atoms with E-state index in [1.165, 1.54) is 11.3 Å². The van der Waals surface area contributed by atoms with E-state index >= 15 is 0 Å². The molecule has 0 spiro atoms. The first kappa shape index (κ1) is 23.4. The molecule has 1 aliphatic heterocycles. The number of rotatable bonds is 8. The highest BCUT2D eigenvalue weighted by atomic mass is 32.2. The highest BCUT2D eigenvalue weighted by molar-refractivity contribution is 7.88. The summed E-state index contributed by atoms with van der Waals surface area (Å²) >= 11 is 1.22. The number of azo groups is 1. The lowest BCUT2D eigenvalue weighted by molar-refractivity contribution is -0.141. The number of carbonyl (C=O) groups excluding carboxylic acids is 2. The van der Waals surface area contributed by atoms with Crippen molar-refractivity contribution in [2.45, 2.75) is 47.1 Å². The summed E-state index contributed by atoms with van der Waals surface area (Å²) < 4.78 is 27.1. The van der Waals surface area contributed by atoms with Crippen LogP contribution in [-0.2, 0) is 26.2 Å². The summed E-state index contributed by atoms with van der Waals surface area (Å²) in [5.74, 6) is -2.06. The Morgan fingerprint density at radius 2 is 1.62 bits per heavy atom. The van der Waals surface area contributed by atoms with Crippen molar-refractivity contribution in [3.8, 4) is 0 Å². The number of hydrogen-bond donors (Lipinski definition) is 1. The number of aliphatic hydroxyl groups excluding tert-OH is 1. The van der Waals surface area contributed by atoms with Crippen molar-refractivity contribution in [2.24, 2.45) is 22.1 Å². The van der Waals surface area contributed by atoms with E-state index in [4.69, 9.17) is 5.11 Å². The molecule has 1 saturated heterocycles. The number of nitrogens with zero attached hydrogens (tertiary/aromatic N) is 5. The van der Waals surface area contributed by atoms with E-state index < -0.39 is 28.1 Å². The molecule has 10 nitrogen and oxygen atoms in total. The van der Waals surface area contributed by atoms with Gasteiger partial charge in [-0.2, -0.15) is 13.5 Å². The Bertz CT molecular complexity index is 858. The summed E-state index contributed by atoms with van der Waals surface area (Å²) in [6, 6.07) is -1.57. The minimum absolute atomic E-state index is 0.0495. The van der Waals surface area contributed by atoms with E-state index in [2.05, 4.69) is 15.2 Å². The minimum atomic E-state index is -4.25. The number of aryl methyl sites for hydroxylation is 1. The number of carbonyl (C=O) groups is 2. The van der Waals surface area contributed by atoms with Gasteiger partial charge in [0, 0.05) is 31.0 Å². The predicted octanol–water partition coefficient (Wildman–Crippen LogP) is 1.67. The normalized spacial score (nSPS) is 18.1. The molecule has 2 amide bonds. The van der Waals surface area contributed by atoms with E-state index in [1.807, 2.05) is 6.92 Å². The molecule has 1 aromatic heterocycles. The summed E-state index contributed by atoms with van der Waals surface area (Å²) in [6.45, 7) is 8.78. The van der Waals surface area contributed by atoms with Gasteiger partial charge in [-0.05, 0) is 18.8 Å². The molecular formula is C17H27N5O5S2. The lowest BCUT2D eigenvalue weighted by atomic mass is 10.2. The molecule has 29 heavy (non-hydrogen) atoms. The SMILES string of the molecule is Cc1sc(N=NC2C(=O)N(CC(C)C)S(=O)(=O)N(CC(C)C)C2=O)nc1CCO. The zero-order chi connectivity index (χ0) is 21.9. The zero-order valence-electron chi connectivity index (χ0n) is 17.2. The Labute approximate surface area is 174 Å². The Kier molecular flexibility index (Phi) is 7.46. The Morgan fingerprint density at radius 3 is 2.07 bits per heavy atom. The second kappa shape index (κ2) is 9.26. The fourth-order valence-electron chi connectivity index (χ4n) is 2.76. The van der Waals surface area contributed by atoms with Crippen LogP contribution in [0.5, 0.6) is 0 Å². The van der Waals surface area contributed by atoms with Crippen LogP contribution in [0.3, 0.4) is 0 Å². The van der Waals surface area contributed by atoms with Gasteiger partial charge < -0.3 is 5.11 Å². The third-order valence-corrected chi connectivity index (χ3v) is 6.74. The maximum atomic E-state index is 12.8. The lowest BCUT2D eigenvalue weighted by Gasteiger charge is -2.37. The second-order valence-electron chi connectivity index (χ2n) is 7.63. The van der Waals surface area contributed by atoms with Crippen LogP contribution in [0.25, 0.3) is 0 Å². The van der Waals surface area contributed by atoms with Gasteiger partial charge in [-0.3, -0.25) is 9.59 Å². The van der Waals surface area contributed by atoms with Crippen LogP contribution < -0.4 is 0 Å². The molecule has 0 aliphatic carbocycles. The van der Waals surface area contributed by atoms with E-state index in [0.29, 0.717) is 12.1 Å². The van der Waals surface area contributed by atoms with Gasteiger partial charge in [0.1, 0.15) is 0 Å². The minimum Gasteiger partial charge on any atom is -0.396 e. The monoisotopic (exact) mass is 445 g/mol. The van der Waals surface area contributed by atoms with Crippen LogP contribution in [0.4, 0.5) is 5.13 Å². The van der Waals surface area contributed by atoms with E-state index in [-0.39, 0.29) is 36.7 Å². The first-order chi connectivity index (χ1) is 13.5. The first-order valence-electron chi connectivity index (χ1n) is 9.35. The molecule has 12 heteroatoms. The third-order valence-electron chi connectivity index (χ3n) is 4.07. The molecule has 0 aromatic carbocycles. The molecule has 0 radical (unpaired) electrons.